The Bertz CT molecular complexity index is 815. The van der Waals surface area contributed by atoms with E-state index in [0.29, 0.717) is 12.1 Å². The summed E-state index contributed by atoms with van der Waals surface area (Å²) in [4.78, 5) is 26.2. The van der Waals surface area contributed by atoms with Gasteiger partial charge < -0.3 is 15.5 Å². The van der Waals surface area contributed by atoms with E-state index in [1.165, 1.54) is 12.1 Å². The van der Waals surface area contributed by atoms with Crippen molar-refractivity contribution in [3.05, 3.63) is 65.0 Å². The first-order valence-electron chi connectivity index (χ1n) is 9.18. The first-order chi connectivity index (χ1) is 13.0. The fraction of sp³-hybridized carbons (Fsp3) is 0.333. The fourth-order valence-corrected chi connectivity index (χ4v) is 3.13. The number of hydrogen-bond donors (Lipinski definition) is 2. The Labute approximate surface area is 158 Å². The molecule has 1 fully saturated rings. The van der Waals surface area contributed by atoms with E-state index in [4.69, 9.17) is 0 Å². The van der Waals surface area contributed by atoms with E-state index in [-0.39, 0.29) is 24.2 Å². The van der Waals surface area contributed by atoms with E-state index in [1.807, 2.05) is 29.2 Å². The summed E-state index contributed by atoms with van der Waals surface area (Å²) >= 11 is 0. The Hall–Kier alpha value is -2.89. The van der Waals surface area contributed by atoms with Crippen LogP contribution < -0.4 is 10.6 Å². The van der Waals surface area contributed by atoms with Crippen LogP contribution in [-0.2, 0) is 11.3 Å². The molecule has 3 rings (SSSR count). The number of carbonyl (C=O) groups excluding carboxylic acids is 2. The summed E-state index contributed by atoms with van der Waals surface area (Å²) in [6.07, 6.45) is 2.14. The molecule has 0 bridgehead atoms. The number of benzene rings is 2. The van der Waals surface area contributed by atoms with Crippen LogP contribution >= 0.6 is 0 Å². The Balaban J connectivity index is 1.46. The number of amides is 2. The van der Waals surface area contributed by atoms with Crippen molar-refractivity contribution in [2.24, 2.45) is 0 Å². The first kappa shape index (κ1) is 18.9. The molecule has 0 spiro atoms. The minimum absolute atomic E-state index is 0.0713. The van der Waals surface area contributed by atoms with E-state index in [0.717, 1.165) is 42.7 Å². The molecule has 2 amide bonds. The van der Waals surface area contributed by atoms with Gasteiger partial charge in [-0.3, -0.25) is 9.59 Å². The number of carbonyl (C=O) groups is 2. The molecule has 0 aromatic heterocycles. The average Bonchev–Trinajstić information content (AvgIpc) is 3.20. The van der Waals surface area contributed by atoms with Gasteiger partial charge in [0.1, 0.15) is 5.82 Å². The molecule has 1 saturated heterocycles. The number of hydrogen-bond acceptors (Lipinski definition) is 3. The van der Waals surface area contributed by atoms with Crippen molar-refractivity contribution in [1.29, 1.82) is 0 Å². The number of nitrogens with zero attached hydrogens (tertiary/aromatic N) is 1. The maximum Gasteiger partial charge on any atom is 0.253 e. The largest absolute Gasteiger partial charge is 0.376 e. The molecule has 2 N–H and O–H groups in total. The number of halogens is 1. The zero-order valence-corrected chi connectivity index (χ0v) is 15.4. The molecule has 2 aromatic rings. The van der Waals surface area contributed by atoms with Gasteiger partial charge in [-0.2, -0.15) is 0 Å². The molecule has 0 saturated carbocycles. The predicted molar refractivity (Wildman–Crippen MR) is 103 cm³/mol. The minimum atomic E-state index is -0.297. The molecule has 0 radical (unpaired) electrons. The van der Waals surface area contributed by atoms with Crippen molar-refractivity contribution in [2.75, 3.05) is 25.0 Å². The lowest BCUT2D eigenvalue weighted by Crippen LogP contribution is -2.29. The Morgan fingerprint density at radius 1 is 1.07 bits per heavy atom. The Morgan fingerprint density at radius 3 is 2.44 bits per heavy atom. The molecule has 1 aliphatic heterocycles. The third-order valence-electron chi connectivity index (χ3n) is 4.71. The van der Waals surface area contributed by atoms with Crippen LogP contribution in [0.4, 0.5) is 10.1 Å². The second-order valence-electron chi connectivity index (χ2n) is 6.79. The summed E-state index contributed by atoms with van der Waals surface area (Å²) in [5.74, 6) is -0.382. The number of aryl methyl sites for hydroxylation is 1. The molecule has 1 heterocycles. The molecule has 0 unspecified atom stereocenters. The second-order valence-corrected chi connectivity index (χ2v) is 6.79. The summed E-state index contributed by atoms with van der Waals surface area (Å²) in [6.45, 7) is 3.95. The van der Waals surface area contributed by atoms with Crippen LogP contribution in [-0.4, -0.2) is 36.3 Å². The van der Waals surface area contributed by atoms with Crippen LogP contribution in [0.5, 0.6) is 0 Å². The SMILES string of the molecule is Cc1cc(F)ccc1NCC(=O)NCc1ccc(C(=O)N2CCCC2)cc1. The monoisotopic (exact) mass is 369 g/mol. The maximum absolute atomic E-state index is 13.1. The predicted octanol–water partition coefficient (Wildman–Crippen LogP) is 3.10. The van der Waals surface area contributed by atoms with E-state index >= 15 is 0 Å². The zero-order valence-electron chi connectivity index (χ0n) is 15.4. The molecule has 5 nitrogen and oxygen atoms in total. The van der Waals surface area contributed by atoms with Crippen LogP contribution in [0.15, 0.2) is 42.5 Å². The second kappa shape index (κ2) is 8.66. The van der Waals surface area contributed by atoms with Gasteiger partial charge in [-0.25, -0.2) is 4.39 Å². The molecule has 27 heavy (non-hydrogen) atoms. The maximum atomic E-state index is 13.1. The lowest BCUT2D eigenvalue weighted by atomic mass is 10.1. The van der Waals surface area contributed by atoms with E-state index < -0.39 is 0 Å². The molecule has 0 atom stereocenters. The van der Waals surface area contributed by atoms with Gasteiger partial charge in [0.25, 0.3) is 5.91 Å². The van der Waals surface area contributed by atoms with Crippen LogP contribution in [0.2, 0.25) is 0 Å². The van der Waals surface area contributed by atoms with Crippen molar-refractivity contribution in [1.82, 2.24) is 10.2 Å². The van der Waals surface area contributed by atoms with Crippen LogP contribution in [0.1, 0.15) is 34.3 Å². The number of anilines is 1. The van der Waals surface area contributed by atoms with Gasteiger partial charge >= 0.3 is 0 Å². The van der Waals surface area contributed by atoms with Gasteiger partial charge in [-0.1, -0.05) is 12.1 Å². The standard InChI is InChI=1S/C21H24FN3O2/c1-15-12-18(22)8-9-19(15)23-14-20(26)24-13-16-4-6-17(7-5-16)21(27)25-10-2-3-11-25/h4-9,12,23H,2-3,10-11,13-14H2,1H3,(H,24,26). The van der Waals surface area contributed by atoms with Crippen LogP contribution in [0.3, 0.4) is 0 Å². The highest BCUT2D eigenvalue weighted by molar-refractivity contribution is 5.94. The number of rotatable bonds is 6. The highest BCUT2D eigenvalue weighted by atomic mass is 19.1. The Morgan fingerprint density at radius 2 is 1.78 bits per heavy atom. The van der Waals surface area contributed by atoms with Crippen molar-refractivity contribution >= 4 is 17.5 Å². The third kappa shape index (κ3) is 5.06. The lowest BCUT2D eigenvalue weighted by molar-refractivity contribution is -0.119. The Kier molecular flexibility index (Phi) is 6.06. The van der Waals surface area contributed by atoms with Crippen molar-refractivity contribution in [3.8, 4) is 0 Å². The van der Waals surface area contributed by atoms with Gasteiger partial charge in [0.15, 0.2) is 0 Å². The fourth-order valence-electron chi connectivity index (χ4n) is 3.13. The van der Waals surface area contributed by atoms with Gasteiger partial charge in [0, 0.05) is 30.9 Å². The summed E-state index contributed by atoms with van der Waals surface area (Å²) in [7, 11) is 0. The van der Waals surface area contributed by atoms with Crippen molar-refractivity contribution < 1.29 is 14.0 Å². The minimum Gasteiger partial charge on any atom is -0.376 e. The van der Waals surface area contributed by atoms with E-state index in [2.05, 4.69) is 10.6 Å². The van der Waals surface area contributed by atoms with Gasteiger partial charge in [0.05, 0.1) is 6.54 Å². The summed E-state index contributed by atoms with van der Waals surface area (Å²) in [5, 5.41) is 5.84. The van der Waals surface area contributed by atoms with Gasteiger partial charge in [-0.05, 0) is 61.2 Å². The number of nitrogens with one attached hydrogen (secondary N) is 2. The topological polar surface area (TPSA) is 61.4 Å². The molecular formula is C21H24FN3O2. The van der Waals surface area contributed by atoms with Gasteiger partial charge in [-0.15, -0.1) is 0 Å². The summed E-state index contributed by atoms with van der Waals surface area (Å²) in [6, 6.07) is 11.7. The third-order valence-corrected chi connectivity index (χ3v) is 4.71. The molecular weight excluding hydrogens is 345 g/mol. The summed E-state index contributed by atoms with van der Waals surface area (Å²) in [5.41, 5.74) is 3.09. The average molecular weight is 369 g/mol. The van der Waals surface area contributed by atoms with Crippen LogP contribution in [0, 0.1) is 12.7 Å². The number of likely N-dealkylation sites (tertiary alicyclic amines) is 1. The highest BCUT2D eigenvalue weighted by Crippen LogP contribution is 2.15. The smallest absolute Gasteiger partial charge is 0.253 e. The molecule has 6 heteroatoms. The molecule has 2 aromatic carbocycles. The lowest BCUT2D eigenvalue weighted by Gasteiger charge is -2.15. The summed E-state index contributed by atoms with van der Waals surface area (Å²) < 4.78 is 13.1. The van der Waals surface area contributed by atoms with E-state index in [9.17, 15) is 14.0 Å². The normalized spacial score (nSPS) is 13.5. The molecule has 1 aliphatic rings. The highest BCUT2D eigenvalue weighted by Gasteiger charge is 2.19. The van der Waals surface area contributed by atoms with Crippen molar-refractivity contribution in [2.45, 2.75) is 26.3 Å². The molecule has 0 aliphatic carbocycles. The van der Waals surface area contributed by atoms with Crippen molar-refractivity contribution in [3.63, 3.8) is 0 Å². The van der Waals surface area contributed by atoms with Gasteiger partial charge in [0.2, 0.25) is 5.91 Å². The van der Waals surface area contributed by atoms with Crippen LogP contribution in [0.25, 0.3) is 0 Å². The zero-order chi connectivity index (χ0) is 19.2. The quantitative estimate of drug-likeness (QED) is 0.823. The molecule has 142 valence electrons. The van der Waals surface area contributed by atoms with E-state index in [1.54, 1.807) is 13.0 Å². The first-order valence-corrected chi connectivity index (χ1v) is 9.18.